The quantitative estimate of drug-likeness (QED) is 0.709. The maximum Gasteiger partial charge on any atom is 0.306 e. The van der Waals surface area contributed by atoms with Crippen molar-refractivity contribution in [3.05, 3.63) is 34.2 Å². The zero-order chi connectivity index (χ0) is 13.5. The summed E-state index contributed by atoms with van der Waals surface area (Å²) < 4.78 is 6.06. The van der Waals surface area contributed by atoms with Crippen molar-refractivity contribution in [3.63, 3.8) is 0 Å². The molecule has 1 aromatic heterocycles. The number of esters is 1. The molecule has 0 aliphatic rings. The summed E-state index contributed by atoms with van der Waals surface area (Å²) in [4.78, 5) is 34.2. The summed E-state index contributed by atoms with van der Waals surface area (Å²) in [5.41, 5.74) is 0.648. The molecule has 1 rings (SSSR count). The van der Waals surface area contributed by atoms with Gasteiger partial charge in [0.1, 0.15) is 0 Å². The van der Waals surface area contributed by atoms with E-state index in [0.717, 1.165) is 5.56 Å². The molecule has 0 N–H and O–H groups in total. The number of carbonyl (C=O) groups is 2. The number of ketones is 1. The van der Waals surface area contributed by atoms with Crippen molar-refractivity contribution in [1.82, 2.24) is 4.57 Å². The number of aryl methyl sites for hydroxylation is 1. The first-order valence-electron chi connectivity index (χ1n) is 5.87. The summed E-state index contributed by atoms with van der Waals surface area (Å²) in [5, 5.41) is 0. The molecular formula is C13H17NO4. The Labute approximate surface area is 105 Å². The molecule has 0 saturated carbocycles. The van der Waals surface area contributed by atoms with Crippen LogP contribution >= 0.6 is 0 Å². The molecule has 0 amide bonds. The summed E-state index contributed by atoms with van der Waals surface area (Å²) in [6.45, 7) is 3.84. The van der Waals surface area contributed by atoms with E-state index in [1.165, 1.54) is 10.6 Å². The lowest BCUT2D eigenvalue weighted by Crippen LogP contribution is -2.23. The molecule has 0 atom stereocenters. The molecule has 0 aromatic carbocycles. The Balaban J connectivity index is 2.50. The van der Waals surface area contributed by atoms with Gasteiger partial charge < -0.3 is 9.30 Å². The Hall–Kier alpha value is -1.91. The average Bonchev–Trinajstić information content (AvgIpc) is 2.31. The van der Waals surface area contributed by atoms with E-state index < -0.39 is 0 Å². The van der Waals surface area contributed by atoms with Gasteiger partial charge in [0.2, 0.25) is 0 Å². The molecule has 0 spiro atoms. The number of pyridine rings is 1. The van der Waals surface area contributed by atoms with E-state index in [1.54, 1.807) is 19.2 Å². The van der Waals surface area contributed by atoms with Crippen molar-refractivity contribution in [1.29, 1.82) is 0 Å². The normalized spacial score (nSPS) is 10.1. The predicted molar refractivity (Wildman–Crippen MR) is 66.3 cm³/mol. The van der Waals surface area contributed by atoms with Crippen molar-refractivity contribution in [2.75, 3.05) is 6.61 Å². The number of hydrogen-bond acceptors (Lipinski definition) is 4. The zero-order valence-electron chi connectivity index (χ0n) is 10.6. The third-order valence-corrected chi connectivity index (χ3v) is 2.41. The van der Waals surface area contributed by atoms with Crippen LogP contribution in [0.25, 0.3) is 0 Å². The van der Waals surface area contributed by atoms with Crippen molar-refractivity contribution >= 4 is 11.8 Å². The van der Waals surface area contributed by atoms with Crippen molar-refractivity contribution in [2.45, 2.75) is 33.2 Å². The molecule has 98 valence electrons. The molecule has 0 fully saturated rings. The van der Waals surface area contributed by atoms with E-state index in [4.69, 9.17) is 4.74 Å². The van der Waals surface area contributed by atoms with Crippen LogP contribution in [0.15, 0.2) is 23.1 Å². The first-order valence-corrected chi connectivity index (χ1v) is 5.87. The van der Waals surface area contributed by atoms with Crippen LogP contribution in [0, 0.1) is 6.92 Å². The van der Waals surface area contributed by atoms with Gasteiger partial charge in [0.15, 0.2) is 5.78 Å². The topological polar surface area (TPSA) is 65.4 Å². The van der Waals surface area contributed by atoms with E-state index >= 15 is 0 Å². The Kier molecular flexibility index (Phi) is 5.30. The minimum absolute atomic E-state index is 0.00147. The lowest BCUT2D eigenvalue weighted by atomic mass is 10.2. The minimum Gasteiger partial charge on any atom is -0.466 e. The summed E-state index contributed by atoms with van der Waals surface area (Å²) in [5.74, 6) is -0.545. The number of hydrogen-bond donors (Lipinski definition) is 0. The van der Waals surface area contributed by atoms with Gasteiger partial charge in [-0.05, 0) is 25.5 Å². The van der Waals surface area contributed by atoms with Crippen LogP contribution < -0.4 is 5.56 Å². The standard InChI is InChI=1S/C13H17NO4/c1-3-18-13(17)5-4-11(15)9-14-7-6-10(2)8-12(14)16/h6-8H,3-5,9H2,1-2H3. The summed E-state index contributed by atoms with van der Waals surface area (Å²) in [7, 11) is 0. The molecule has 0 bridgehead atoms. The fourth-order valence-corrected chi connectivity index (χ4v) is 1.48. The second kappa shape index (κ2) is 6.74. The second-order valence-electron chi connectivity index (χ2n) is 4.01. The fourth-order valence-electron chi connectivity index (χ4n) is 1.48. The summed E-state index contributed by atoms with van der Waals surface area (Å²) in [6, 6.07) is 3.23. The van der Waals surface area contributed by atoms with E-state index in [9.17, 15) is 14.4 Å². The van der Waals surface area contributed by atoms with Crippen LogP contribution in [0.3, 0.4) is 0 Å². The zero-order valence-corrected chi connectivity index (χ0v) is 10.6. The summed E-state index contributed by atoms with van der Waals surface area (Å²) >= 11 is 0. The molecule has 0 unspecified atom stereocenters. The first kappa shape index (κ1) is 14.2. The molecule has 0 aliphatic heterocycles. The molecule has 0 saturated heterocycles. The third kappa shape index (κ3) is 4.53. The molecule has 5 nitrogen and oxygen atoms in total. The highest BCUT2D eigenvalue weighted by Gasteiger charge is 2.08. The highest BCUT2D eigenvalue weighted by molar-refractivity contribution is 5.82. The highest BCUT2D eigenvalue weighted by atomic mass is 16.5. The van der Waals surface area contributed by atoms with Gasteiger partial charge in [-0.2, -0.15) is 0 Å². The number of ether oxygens (including phenoxy) is 1. The molecule has 1 aromatic rings. The maximum atomic E-state index is 11.6. The van der Waals surface area contributed by atoms with Crippen molar-refractivity contribution in [2.24, 2.45) is 0 Å². The molecule has 0 radical (unpaired) electrons. The number of aromatic nitrogens is 1. The van der Waals surface area contributed by atoms with Crippen LogP contribution in [-0.4, -0.2) is 22.9 Å². The van der Waals surface area contributed by atoms with E-state index in [0.29, 0.717) is 6.61 Å². The molecule has 1 heterocycles. The lowest BCUT2D eigenvalue weighted by molar-refractivity contribution is -0.144. The smallest absolute Gasteiger partial charge is 0.306 e. The van der Waals surface area contributed by atoms with Crippen LogP contribution in [0.5, 0.6) is 0 Å². The number of Topliss-reactive ketones (excluding diaryl/α,β-unsaturated/α-hetero) is 1. The molecule has 0 aliphatic carbocycles. The van der Waals surface area contributed by atoms with Gasteiger partial charge >= 0.3 is 5.97 Å². The van der Waals surface area contributed by atoms with Crippen LogP contribution in [-0.2, 0) is 20.9 Å². The SMILES string of the molecule is CCOC(=O)CCC(=O)Cn1ccc(C)cc1=O. The Morgan fingerprint density at radius 1 is 1.33 bits per heavy atom. The second-order valence-corrected chi connectivity index (χ2v) is 4.01. The van der Waals surface area contributed by atoms with Gasteiger partial charge in [-0.25, -0.2) is 0 Å². The van der Waals surface area contributed by atoms with E-state index in [-0.39, 0.29) is 36.7 Å². The van der Waals surface area contributed by atoms with Gasteiger partial charge in [-0.1, -0.05) is 0 Å². The summed E-state index contributed by atoms with van der Waals surface area (Å²) in [6.07, 6.45) is 1.74. The monoisotopic (exact) mass is 251 g/mol. The fraction of sp³-hybridized carbons (Fsp3) is 0.462. The molecular weight excluding hydrogens is 234 g/mol. The lowest BCUT2D eigenvalue weighted by Gasteiger charge is -2.05. The van der Waals surface area contributed by atoms with Crippen molar-refractivity contribution < 1.29 is 14.3 Å². The van der Waals surface area contributed by atoms with Crippen molar-refractivity contribution in [3.8, 4) is 0 Å². The Bertz CT molecular complexity index is 490. The van der Waals surface area contributed by atoms with E-state index in [1.807, 2.05) is 6.92 Å². The Morgan fingerprint density at radius 3 is 2.67 bits per heavy atom. The van der Waals surface area contributed by atoms with Crippen LogP contribution in [0.2, 0.25) is 0 Å². The van der Waals surface area contributed by atoms with Gasteiger partial charge in [-0.3, -0.25) is 14.4 Å². The number of nitrogens with zero attached hydrogens (tertiary/aromatic N) is 1. The van der Waals surface area contributed by atoms with Gasteiger partial charge in [-0.15, -0.1) is 0 Å². The predicted octanol–water partition coefficient (Wildman–Crippen LogP) is 1.07. The van der Waals surface area contributed by atoms with Gasteiger partial charge in [0.05, 0.1) is 19.6 Å². The molecule has 5 heteroatoms. The first-order chi connectivity index (χ1) is 8.52. The minimum atomic E-state index is -0.387. The Morgan fingerprint density at radius 2 is 2.06 bits per heavy atom. The average molecular weight is 251 g/mol. The van der Waals surface area contributed by atoms with E-state index in [2.05, 4.69) is 0 Å². The number of carbonyl (C=O) groups excluding carboxylic acids is 2. The van der Waals surface area contributed by atoms with Crippen LogP contribution in [0.1, 0.15) is 25.3 Å². The number of rotatable bonds is 6. The largest absolute Gasteiger partial charge is 0.466 e. The van der Waals surface area contributed by atoms with Crippen LogP contribution in [0.4, 0.5) is 0 Å². The maximum absolute atomic E-state index is 11.6. The van der Waals surface area contributed by atoms with Gasteiger partial charge in [0.25, 0.3) is 5.56 Å². The third-order valence-electron chi connectivity index (χ3n) is 2.41. The van der Waals surface area contributed by atoms with Gasteiger partial charge in [0, 0.05) is 18.7 Å². The highest BCUT2D eigenvalue weighted by Crippen LogP contribution is 1.97. The molecule has 18 heavy (non-hydrogen) atoms.